The zero-order valence-corrected chi connectivity index (χ0v) is 21.6. The van der Waals surface area contributed by atoms with Crippen LogP contribution in [-0.4, -0.2) is 24.6 Å². The van der Waals surface area contributed by atoms with Crippen LogP contribution in [0.25, 0.3) is 0 Å². The molecule has 0 radical (unpaired) electrons. The highest BCUT2D eigenvalue weighted by atomic mass is 79.9. The molecule has 3 aromatic carbocycles. The van der Waals surface area contributed by atoms with Crippen molar-refractivity contribution < 1.29 is 14.3 Å². The van der Waals surface area contributed by atoms with Crippen LogP contribution >= 0.6 is 47.8 Å². The molecule has 6 nitrogen and oxygen atoms in total. The van der Waals surface area contributed by atoms with E-state index in [0.29, 0.717) is 25.9 Å². The Labute approximate surface area is 210 Å². The largest absolute Gasteiger partial charge is 0.481 e. The second kappa shape index (κ2) is 11.4. The molecule has 0 spiro atoms. The van der Waals surface area contributed by atoms with Crippen LogP contribution in [0.1, 0.15) is 21.5 Å². The first-order valence-corrected chi connectivity index (χ1v) is 11.8. The molecule has 0 aromatic heterocycles. The Bertz CT molecular complexity index is 1120. The topological polar surface area (TPSA) is 79.8 Å². The number of nitrogens with one attached hydrogen (secondary N) is 2. The molecule has 0 aliphatic rings. The SMILES string of the molecule is Cc1ccc(NC(=O)COc2c(Br)cc(/C=N/NC(=O)c3ccc(Br)cc3)cc2Br)cc1. The minimum Gasteiger partial charge on any atom is -0.481 e. The van der Waals surface area contributed by atoms with E-state index in [0.717, 1.165) is 15.6 Å². The molecule has 0 bridgehead atoms. The second-order valence-electron chi connectivity index (χ2n) is 6.72. The van der Waals surface area contributed by atoms with Gasteiger partial charge in [0.1, 0.15) is 5.75 Å². The standard InChI is InChI=1S/C23H18Br3N3O3/c1-14-2-8-18(9-3-14)28-21(30)13-32-22-19(25)10-15(11-20(22)26)12-27-29-23(31)16-4-6-17(24)7-5-16/h2-12H,13H2,1H3,(H,28,30)(H,29,31)/b27-12+. The van der Waals surface area contributed by atoms with Gasteiger partial charge >= 0.3 is 0 Å². The van der Waals surface area contributed by atoms with E-state index < -0.39 is 0 Å². The molecular formula is C23H18Br3N3O3. The third-order valence-corrected chi connectivity index (χ3v) is 5.90. The summed E-state index contributed by atoms with van der Waals surface area (Å²) in [5.74, 6) is -0.0968. The molecule has 9 heteroatoms. The quantitative estimate of drug-likeness (QED) is 0.248. The number of amides is 2. The van der Waals surface area contributed by atoms with Crippen LogP contribution in [0, 0.1) is 6.92 Å². The number of rotatable bonds is 7. The molecule has 0 aliphatic carbocycles. The van der Waals surface area contributed by atoms with Crippen LogP contribution in [0.5, 0.6) is 5.75 Å². The number of aryl methyl sites for hydroxylation is 1. The first-order chi connectivity index (χ1) is 15.3. The van der Waals surface area contributed by atoms with Gasteiger partial charge in [0.25, 0.3) is 11.8 Å². The first kappa shape index (κ1) is 24.2. The van der Waals surface area contributed by atoms with Gasteiger partial charge in [-0.05, 0) is 92.9 Å². The lowest BCUT2D eigenvalue weighted by molar-refractivity contribution is -0.118. The molecule has 0 aliphatic heterocycles. The third-order valence-electron chi connectivity index (χ3n) is 4.19. The lowest BCUT2D eigenvalue weighted by Gasteiger charge is -2.11. The Hall–Kier alpha value is -2.49. The van der Waals surface area contributed by atoms with Gasteiger partial charge in [0.15, 0.2) is 6.61 Å². The summed E-state index contributed by atoms with van der Waals surface area (Å²) >= 11 is 10.2. The predicted molar refractivity (Wildman–Crippen MR) is 136 cm³/mol. The lowest BCUT2D eigenvalue weighted by atomic mass is 10.2. The number of ether oxygens (including phenoxy) is 1. The maximum absolute atomic E-state index is 12.2. The van der Waals surface area contributed by atoms with Crippen LogP contribution in [-0.2, 0) is 4.79 Å². The highest BCUT2D eigenvalue weighted by Gasteiger charge is 2.11. The molecule has 0 saturated heterocycles. The van der Waals surface area contributed by atoms with Crippen molar-refractivity contribution in [2.75, 3.05) is 11.9 Å². The number of halogens is 3. The van der Waals surface area contributed by atoms with Gasteiger partial charge in [-0.3, -0.25) is 9.59 Å². The first-order valence-electron chi connectivity index (χ1n) is 9.39. The number of hydrazone groups is 1. The second-order valence-corrected chi connectivity index (χ2v) is 9.35. The molecule has 0 saturated carbocycles. The van der Waals surface area contributed by atoms with Gasteiger partial charge in [0, 0.05) is 15.7 Å². The fraction of sp³-hybridized carbons (Fsp3) is 0.0870. The maximum atomic E-state index is 12.2. The molecule has 0 unspecified atom stereocenters. The molecule has 0 atom stereocenters. The van der Waals surface area contributed by atoms with Crippen LogP contribution in [0.2, 0.25) is 0 Å². The monoisotopic (exact) mass is 621 g/mol. The maximum Gasteiger partial charge on any atom is 0.271 e. The number of carbonyl (C=O) groups is 2. The van der Waals surface area contributed by atoms with Crippen molar-refractivity contribution in [3.63, 3.8) is 0 Å². The molecule has 3 aromatic rings. The average Bonchev–Trinajstić information content (AvgIpc) is 2.75. The van der Waals surface area contributed by atoms with Crippen LogP contribution in [0.3, 0.4) is 0 Å². The zero-order chi connectivity index (χ0) is 23.1. The van der Waals surface area contributed by atoms with Crippen LogP contribution in [0.15, 0.2) is 79.2 Å². The Morgan fingerprint density at radius 1 is 0.969 bits per heavy atom. The van der Waals surface area contributed by atoms with Gasteiger partial charge in [-0.1, -0.05) is 33.6 Å². The summed E-state index contributed by atoms with van der Waals surface area (Å²) in [6.45, 7) is 1.83. The fourth-order valence-electron chi connectivity index (χ4n) is 2.59. The van der Waals surface area contributed by atoms with Gasteiger partial charge in [0.05, 0.1) is 15.2 Å². The number of nitrogens with zero attached hydrogens (tertiary/aromatic N) is 1. The van der Waals surface area contributed by atoms with Crippen LogP contribution in [0.4, 0.5) is 5.69 Å². The molecule has 164 valence electrons. The van der Waals surface area contributed by atoms with Gasteiger partial charge in [-0.2, -0.15) is 5.10 Å². The summed E-state index contributed by atoms with van der Waals surface area (Å²) in [6, 6.07) is 18.0. The van der Waals surface area contributed by atoms with E-state index in [1.165, 1.54) is 6.21 Å². The van der Waals surface area contributed by atoms with Crippen LogP contribution < -0.4 is 15.5 Å². The summed E-state index contributed by atoms with van der Waals surface area (Å²) < 4.78 is 7.83. The van der Waals surface area contributed by atoms with Crippen molar-refractivity contribution in [2.45, 2.75) is 6.92 Å². The number of benzene rings is 3. The van der Waals surface area contributed by atoms with E-state index in [1.807, 2.05) is 31.2 Å². The Morgan fingerprint density at radius 2 is 1.59 bits per heavy atom. The van der Waals surface area contributed by atoms with Crippen molar-refractivity contribution >= 4 is 71.5 Å². The van der Waals surface area contributed by atoms with Gasteiger partial charge < -0.3 is 10.1 Å². The third kappa shape index (κ3) is 7.01. The van der Waals surface area contributed by atoms with E-state index in [4.69, 9.17) is 4.74 Å². The summed E-state index contributed by atoms with van der Waals surface area (Å²) in [6.07, 6.45) is 1.51. The van der Waals surface area contributed by atoms with E-state index in [2.05, 4.69) is 63.6 Å². The highest BCUT2D eigenvalue weighted by Crippen LogP contribution is 2.34. The molecular weight excluding hydrogens is 606 g/mol. The highest BCUT2D eigenvalue weighted by molar-refractivity contribution is 9.11. The summed E-state index contributed by atoms with van der Waals surface area (Å²) in [4.78, 5) is 24.3. The number of hydrogen-bond donors (Lipinski definition) is 2. The average molecular weight is 624 g/mol. The van der Waals surface area contributed by atoms with Crippen molar-refractivity contribution in [3.8, 4) is 5.75 Å². The smallest absolute Gasteiger partial charge is 0.271 e. The lowest BCUT2D eigenvalue weighted by Crippen LogP contribution is -2.20. The summed E-state index contributed by atoms with van der Waals surface area (Å²) in [5, 5.41) is 6.78. The molecule has 2 N–H and O–H groups in total. The minimum absolute atomic E-state index is 0.151. The van der Waals surface area contributed by atoms with Gasteiger partial charge in [0.2, 0.25) is 0 Å². The summed E-state index contributed by atoms with van der Waals surface area (Å²) in [7, 11) is 0. The molecule has 32 heavy (non-hydrogen) atoms. The number of anilines is 1. The zero-order valence-electron chi connectivity index (χ0n) is 16.9. The fourth-order valence-corrected chi connectivity index (χ4v) is 4.31. The molecule has 3 rings (SSSR count). The van der Waals surface area contributed by atoms with Crippen molar-refractivity contribution in [3.05, 3.63) is 90.8 Å². The van der Waals surface area contributed by atoms with Gasteiger partial charge in [-0.25, -0.2) is 5.43 Å². The molecule has 2 amide bonds. The van der Waals surface area contributed by atoms with E-state index in [-0.39, 0.29) is 18.4 Å². The van der Waals surface area contributed by atoms with Crippen molar-refractivity contribution in [1.29, 1.82) is 0 Å². The van der Waals surface area contributed by atoms with E-state index in [1.54, 1.807) is 36.4 Å². The summed E-state index contributed by atoms with van der Waals surface area (Å²) in [5.41, 5.74) is 5.53. The Morgan fingerprint density at radius 3 is 2.22 bits per heavy atom. The predicted octanol–water partition coefficient (Wildman–Crippen LogP) is 6.06. The van der Waals surface area contributed by atoms with Crippen molar-refractivity contribution in [2.24, 2.45) is 5.10 Å². The minimum atomic E-state index is -0.313. The normalized spacial score (nSPS) is 10.8. The molecule has 0 heterocycles. The van der Waals surface area contributed by atoms with Gasteiger partial charge in [-0.15, -0.1) is 0 Å². The van der Waals surface area contributed by atoms with Crippen molar-refractivity contribution in [1.82, 2.24) is 5.43 Å². The Balaban J connectivity index is 1.57. The Kier molecular flexibility index (Phi) is 8.60. The van der Waals surface area contributed by atoms with E-state index >= 15 is 0 Å². The van der Waals surface area contributed by atoms with E-state index in [9.17, 15) is 9.59 Å². The molecule has 0 fully saturated rings. The number of hydrogen-bond acceptors (Lipinski definition) is 4. The number of carbonyl (C=O) groups excluding carboxylic acids is 2.